The van der Waals surface area contributed by atoms with Gasteiger partial charge in [0.05, 0.1) is 0 Å². The maximum Gasteiger partial charge on any atom is 0.0187 e. The summed E-state index contributed by atoms with van der Waals surface area (Å²) in [5, 5.41) is 2.54. The molecule has 2 aromatic carbocycles. The second-order valence-corrected chi connectivity index (χ2v) is 4.84. The Balaban J connectivity index is 2.45. The van der Waals surface area contributed by atoms with Gasteiger partial charge in [-0.1, -0.05) is 37.6 Å². The minimum absolute atomic E-state index is 1.17. The first kappa shape index (κ1) is 11.5. The van der Waals surface area contributed by atoms with Gasteiger partial charge in [-0.2, -0.15) is 0 Å². The van der Waals surface area contributed by atoms with Gasteiger partial charge in [0.25, 0.3) is 0 Å². The maximum atomic E-state index is 3.52. The molecule has 0 spiro atoms. The Morgan fingerprint density at radius 2 is 2.06 bits per heavy atom. The number of thioether (sulfide) groups is 1. The summed E-state index contributed by atoms with van der Waals surface area (Å²) in [5.41, 5.74) is 1.45. The predicted octanol–water partition coefficient (Wildman–Crippen LogP) is 4.70. The first-order valence-corrected chi connectivity index (χ1v) is 7.05. The smallest absolute Gasteiger partial charge is 0.0187 e. The Morgan fingerprint density at radius 3 is 2.81 bits per heavy atom. The average Bonchev–Trinajstić information content (AvgIpc) is 2.35. The SMILES string of the molecule is CCCCc1cc2ccccc2[c]c1SC. The van der Waals surface area contributed by atoms with Crippen molar-refractivity contribution in [3.8, 4) is 0 Å². The summed E-state index contributed by atoms with van der Waals surface area (Å²) in [6, 6.07) is 14.3. The summed E-state index contributed by atoms with van der Waals surface area (Å²) in [7, 11) is 0. The number of fused-ring (bicyclic) bond motifs is 1. The van der Waals surface area contributed by atoms with Crippen LogP contribution in [0.1, 0.15) is 25.3 Å². The molecule has 0 aliphatic carbocycles. The van der Waals surface area contributed by atoms with Crippen molar-refractivity contribution in [1.82, 2.24) is 0 Å². The number of rotatable bonds is 4. The van der Waals surface area contributed by atoms with E-state index in [1.54, 1.807) is 11.8 Å². The van der Waals surface area contributed by atoms with E-state index >= 15 is 0 Å². The molecule has 0 saturated carbocycles. The summed E-state index contributed by atoms with van der Waals surface area (Å²) in [6.45, 7) is 2.24. The number of hydrogen-bond acceptors (Lipinski definition) is 1. The van der Waals surface area contributed by atoms with Crippen molar-refractivity contribution in [2.75, 3.05) is 6.26 Å². The molecule has 16 heavy (non-hydrogen) atoms. The third-order valence-corrected chi connectivity index (χ3v) is 3.61. The molecule has 0 N–H and O–H groups in total. The number of benzene rings is 2. The van der Waals surface area contributed by atoms with Crippen LogP contribution in [-0.4, -0.2) is 6.26 Å². The first-order chi connectivity index (χ1) is 7.85. The molecule has 1 radical (unpaired) electrons. The van der Waals surface area contributed by atoms with Crippen molar-refractivity contribution in [2.45, 2.75) is 31.1 Å². The van der Waals surface area contributed by atoms with Gasteiger partial charge < -0.3 is 0 Å². The monoisotopic (exact) mass is 229 g/mol. The van der Waals surface area contributed by atoms with Crippen LogP contribution in [0.4, 0.5) is 0 Å². The van der Waals surface area contributed by atoms with Crippen LogP contribution in [0, 0.1) is 6.07 Å². The molecule has 0 bridgehead atoms. The van der Waals surface area contributed by atoms with Gasteiger partial charge in [0.15, 0.2) is 0 Å². The molecule has 0 heterocycles. The molecule has 0 aliphatic rings. The topological polar surface area (TPSA) is 0 Å². The largest absolute Gasteiger partial charge is 0.129 e. The van der Waals surface area contributed by atoms with E-state index in [-0.39, 0.29) is 0 Å². The molecular weight excluding hydrogens is 212 g/mol. The molecule has 0 aromatic heterocycles. The van der Waals surface area contributed by atoms with Crippen molar-refractivity contribution in [3.63, 3.8) is 0 Å². The minimum atomic E-state index is 1.17. The molecule has 83 valence electrons. The normalized spacial score (nSPS) is 10.9. The van der Waals surface area contributed by atoms with Crippen molar-refractivity contribution >= 4 is 22.5 Å². The van der Waals surface area contributed by atoms with Gasteiger partial charge in [-0.3, -0.25) is 0 Å². The van der Waals surface area contributed by atoms with E-state index < -0.39 is 0 Å². The Kier molecular flexibility index (Phi) is 3.89. The van der Waals surface area contributed by atoms with E-state index in [1.807, 2.05) is 0 Å². The highest BCUT2D eigenvalue weighted by Gasteiger charge is 2.04. The number of hydrogen-bond donors (Lipinski definition) is 0. The molecule has 2 rings (SSSR count). The van der Waals surface area contributed by atoms with Crippen LogP contribution < -0.4 is 0 Å². The third-order valence-electron chi connectivity index (χ3n) is 2.83. The van der Waals surface area contributed by atoms with Gasteiger partial charge in [0, 0.05) is 11.0 Å². The van der Waals surface area contributed by atoms with Gasteiger partial charge in [-0.25, -0.2) is 0 Å². The van der Waals surface area contributed by atoms with Crippen LogP contribution in [0.3, 0.4) is 0 Å². The molecule has 0 unspecified atom stereocenters. The highest BCUT2D eigenvalue weighted by atomic mass is 32.2. The standard InChI is InChI=1S/C15H17S/c1-3-4-7-14-10-12-8-5-6-9-13(12)11-15(14)16-2/h5-6,8-10H,3-4,7H2,1-2H3. The van der Waals surface area contributed by atoms with Gasteiger partial charge in [0.1, 0.15) is 0 Å². The third kappa shape index (κ3) is 2.41. The second kappa shape index (κ2) is 5.40. The van der Waals surface area contributed by atoms with Crippen LogP contribution in [-0.2, 0) is 6.42 Å². The Morgan fingerprint density at radius 1 is 1.25 bits per heavy atom. The van der Waals surface area contributed by atoms with E-state index in [2.05, 4.69) is 49.6 Å². The quantitative estimate of drug-likeness (QED) is 0.684. The Bertz CT molecular complexity index is 474. The summed E-state index contributed by atoms with van der Waals surface area (Å²) in [6.07, 6.45) is 5.82. The molecule has 0 saturated heterocycles. The fourth-order valence-corrected chi connectivity index (χ4v) is 2.56. The van der Waals surface area contributed by atoms with Crippen LogP contribution in [0.15, 0.2) is 35.2 Å². The van der Waals surface area contributed by atoms with Gasteiger partial charge >= 0.3 is 0 Å². The van der Waals surface area contributed by atoms with E-state index in [9.17, 15) is 0 Å². The number of aryl methyl sites for hydroxylation is 1. The molecule has 0 atom stereocenters. The van der Waals surface area contributed by atoms with Gasteiger partial charge in [0.2, 0.25) is 0 Å². The zero-order chi connectivity index (χ0) is 11.4. The summed E-state index contributed by atoms with van der Waals surface area (Å²) in [5.74, 6) is 0. The van der Waals surface area contributed by atoms with Gasteiger partial charge in [-0.05, 0) is 41.5 Å². The molecule has 0 nitrogen and oxygen atoms in total. The predicted molar refractivity (Wildman–Crippen MR) is 73.2 cm³/mol. The lowest BCUT2D eigenvalue weighted by atomic mass is 10.0. The second-order valence-electron chi connectivity index (χ2n) is 4.02. The van der Waals surface area contributed by atoms with Crippen LogP contribution in [0.25, 0.3) is 10.8 Å². The van der Waals surface area contributed by atoms with Crippen LogP contribution >= 0.6 is 11.8 Å². The molecule has 0 amide bonds. The van der Waals surface area contributed by atoms with E-state index in [0.717, 1.165) is 0 Å². The Hall–Kier alpha value is -0.950. The summed E-state index contributed by atoms with van der Waals surface area (Å²) < 4.78 is 0. The minimum Gasteiger partial charge on any atom is -0.129 e. The van der Waals surface area contributed by atoms with Crippen molar-refractivity contribution in [1.29, 1.82) is 0 Å². The first-order valence-electron chi connectivity index (χ1n) is 5.83. The lowest BCUT2D eigenvalue weighted by Crippen LogP contribution is -1.89. The average molecular weight is 229 g/mol. The fourth-order valence-electron chi connectivity index (χ4n) is 1.93. The molecule has 0 fully saturated rings. The molecule has 2 aromatic rings. The van der Waals surface area contributed by atoms with Gasteiger partial charge in [-0.15, -0.1) is 11.8 Å². The van der Waals surface area contributed by atoms with Crippen LogP contribution in [0.2, 0.25) is 0 Å². The molecule has 1 heteroatoms. The lowest BCUT2D eigenvalue weighted by Gasteiger charge is -2.08. The molecule has 0 aliphatic heterocycles. The van der Waals surface area contributed by atoms with Crippen molar-refractivity contribution < 1.29 is 0 Å². The van der Waals surface area contributed by atoms with Crippen LogP contribution in [0.5, 0.6) is 0 Å². The lowest BCUT2D eigenvalue weighted by molar-refractivity contribution is 0.786. The zero-order valence-electron chi connectivity index (χ0n) is 9.92. The zero-order valence-corrected chi connectivity index (χ0v) is 10.7. The Labute approximate surface area is 102 Å². The summed E-state index contributed by atoms with van der Waals surface area (Å²) in [4.78, 5) is 1.31. The van der Waals surface area contributed by atoms with E-state index in [4.69, 9.17) is 0 Å². The highest BCUT2D eigenvalue weighted by Crippen LogP contribution is 2.27. The van der Waals surface area contributed by atoms with Crippen molar-refractivity contribution in [3.05, 3.63) is 42.0 Å². The molecular formula is C15H17S. The summed E-state index contributed by atoms with van der Waals surface area (Å²) >= 11 is 1.81. The highest BCUT2D eigenvalue weighted by molar-refractivity contribution is 7.98. The van der Waals surface area contributed by atoms with E-state index in [0.29, 0.717) is 0 Å². The maximum absolute atomic E-state index is 3.52. The fraction of sp³-hybridized carbons (Fsp3) is 0.333. The van der Waals surface area contributed by atoms with Crippen molar-refractivity contribution in [2.24, 2.45) is 0 Å². The van der Waals surface area contributed by atoms with E-state index in [1.165, 1.54) is 40.5 Å². The number of unbranched alkanes of at least 4 members (excludes halogenated alkanes) is 1.